The smallest absolute Gasteiger partial charge is 0.274 e. The van der Waals surface area contributed by atoms with Crippen LogP contribution in [0.1, 0.15) is 60.6 Å². The molecule has 2 atom stereocenters. The van der Waals surface area contributed by atoms with E-state index in [0.29, 0.717) is 31.0 Å². The number of nitrogens with one attached hydrogen (secondary N) is 2. The van der Waals surface area contributed by atoms with Crippen LogP contribution in [-0.4, -0.2) is 54.5 Å². The van der Waals surface area contributed by atoms with Crippen molar-refractivity contribution in [3.05, 3.63) is 35.4 Å². The van der Waals surface area contributed by atoms with Crippen LogP contribution in [0.3, 0.4) is 0 Å². The standard InChI is InChI=1S/C18H25N7O2/c1-10(2)5-16(26)22-13-6-15(17-21-12(4)23-24-17)25(9-13)18(27)14-8-19-11(3)7-20-14/h7-8,10,13,15H,5-6,9H2,1-4H3,(H,22,26)(H,21,23,24)/t13-,15-/m0/s1. The van der Waals surface area contributed by atoms with E-state index in [0.717, 1.165) is 5.69 Å². The molecule has 2 aromatic rings. The highest BCUT2D eigenvalue weighted by molar-refractivity contribution is 5.92. The van der Waals surface area contributed by atoms with Gasteiger partial charge in [0.25, 0.3) is 5.91 Å². The summed E-state index contributed by atoms with van der Waals surface area (Å²) < 4.78 is 0. The number of aryl methyl sites for hydroxylation is 2. The van der Waals surface area contributed by atoms with Crippen LogP contribution < -0.4 is 5.32 Å². The number of aromatic nitrogens is 5. The van der Waals surface area contributed by atoms with Crippen LogP contribution in [0.2, 0.25) is 0 Å². The van der Waals surface area contributed by atoms with Gasteiger partial charge in [0.05, 0.1) is 17.9 Å². The molecule has 3 heterocycles. The van der Waals surface area contributed by atoms with E-state index < -0.39 is 0 Å². The Morgan fingerprint density at radius 2 is 2.07 bits per heavy atom. The summed E-state index contributed by atoms with van der Waals surface area (Å²) in [5.74, 6) is 1.25. The summed E-state index contributed by atoms with van der Waals surface area (Å²) >= 11 is 0. The molecule has 1 saturated heterocycles. The number of aromatic amines is 1. The molecular weight excluding hydrogens is 346 g/mol. The molecule has 144 valence electrons. The van der Waals surface area contributed by atoms with Gasteiger partial charge in [-0.1, -0.05) is 13.8 Å². The number of amides is 2. The van der Waals surface area contributed by atoms with Gasteiger partial charge < -0.3 is 10.2 Å². The van der Waals surface area contributed by atoms with E-state index in [1.807, 2.05) is 27.7 Å². The maximum absolute atomic E-state index is 13.0. The Morgan fingerprint density at radius 3 is 2.67 bits per heavy atom. The van der Waals surface area contributed by atoms with E-state index in [1.54, 1.807) is 11.1 Å². The Hall–Kier alpha value is -2.84. The van der Waals surface area contributed by atoms with Gasteiger partial charge in [0.1, 0.15) is 11.5 Å². The van der Waals surface area contributed by atoms with E-state index in [9.17, 15) is 9.59 Å². The quantitative estimate of drug-likeness (QED) is 0.819. The molecule has 3 rings (SSSR count). The van der Waals surface area contributed by atoms with Crippen LogP contribution in [0.4, 0.5) is 0 Å². The fourth-order valence-corrected chi connectivity index (χ4v) is 3.23. The number of hydrogen-bond acceptors (Lipinski definition) is 6. The van der Waals surface area contributed by atoms with Crippen LogP contribution >= 0.6 is 0 Å². The molecule has 2 aromatic heterocycles. The predicted octanol–water partition coefficient (Wildman–Crippen LogP) is 1.33. The van der Waals surface area contributed by atoms with Gasteiger partial charge in [-0.15, -0.1) is 0 Å². The molecule has 9 heteroatoms. The molecule has 1 aliphatic heterocycles. The number of H-pyrrole nitrogens is 1. The zero-order valence-electron chi connectivity index (χ0n) is 16.1. The van der Waals surface area contributed by atoms with Gasteiger partial charge >= 0.3 is 0 Å². The Balaban J connectivity index is 1.80. The first-order chi connectivity index (χ1) is 12.8. The van der Waals surface area contributed by atoms with E-state index in [1.165, 1.54) is 6.20 Å². The van der Waals surface area contributed by atoms with Crippen molar-refractivity contribution in [3.63, 3.8) is 0 Å². The minimum atomic E-state index is -0.324. The van der Waals surface area contributed by atoms with Crippen molar-refractivity contribution in [2.24, 2.45) is 5.92 Å². The lowest BCUT2D eigenvalue weighted by molar-refractivity contribution is -0.122. The van der Waals surface area contributed by atoms with E-state index in [-0.39, 0.29) is 35.5 Å². The number of carbonyl (C=O) groups excluding carboxylic acids is 2. The summed E-state index contributed by atoms with van der Waals surface area (Å²) in [5.41, 5.74) is 1.01. The van der Waals surface area contributed by atoms with Gasteiger partial charge in [0.15, 0.2) is 5.82 Å². The van der Waals surface area contributed by atoms with Gasteiger partial charge in [-0.2, -0.15) is 5.10 Å². The highest BCUT2D eigenvalue weighted by Crippen LogP contribution is 2.31. The molecule has 27 heavy (non-hydrogen) atoms. The summed E-state index contributed by atoms with van der Waals surface area (Å²) in [5, 5.41) is 10.1. The van der Waals surface area contributed by atoms with Gasteiger partial charge in [-0.3, -0.25) is 19.7 Å². The minimum Gasteiger partial charge on any atom is -0.351 e. The van der Waals surface area contributed by atoms with Gasteiger partial charge in [-0.05, 0) is 26.2 Å². The normalized spacial score (nSPS) is 19.5. The third-order valence-corrected chi connectivity index (χ3v) is 4.43. The predicted molar refractivity (Wildman–Crippen MR) is 97.7 cm³/mol. The van der Waals surface area contributed by atoms with Crippen molar-refractivity contribution in [1.29, 1.82) is 0 Å². The molecule has 0 radical (unpaired) electrons. The largest absolute Gasteiger partial charge is 0.351 e. The summed E-state index contributed by atoms with van der Waals surface area (Å²) in [7, 11) is 0. The van der Waals surface area contributed by atoms with E-state index in [4.69, 9.17) is 0 Å². The second-order valence-electron chi connectivity index (χ2n) is 7.39. The average molecular weight is 371 g/mol. The van der Waals surface area contributed by atoms with Crippen molar-refractivity contribution < 1.29 is 9.59 Å². The summed E-state index contributed by atoms with van der Waals surface area (Å²) in [6.07, 6.45) is 4.06. The van der Waals surface area contributed by atoms with Gasteiger partial charge in [-0.25, -0.2) is 9.97 Å². The van der Waals surface area contributed by atoms with Crippen LogP contribution in [0, 0.1) is 19.8 Å². The maximum Gasteiger partial charge on any atom is 0.274 e. The van der Waals surface area contributed by atoms with Crippen LogP contribution in [0.5, 0.6) is 0 Å². The number of likely N-dealkylation sites (tertiary alicyclic amines) is 1. The topological polar surface area (TPSA) is 117 Å². The molecule has 0 aliphatic carbocycles. The highest BCUT2D eigenvalue weighted by Gasteiger charge is 2.39. The maximum atomic E-state index is 13.0. The molecular formula is C18H25N7O2. The average Bonchev–Trinajstić information content (AvgIpc) is 3.20. The number of nitrogens with zero attached hydrogens (tertiary/aromatic N) is 5. The third kappa shape index (κ3) is 4.47. The number of carbonyl (C=O) groups is 2. The molecule has 2 amide bonds. The Kier molecular flexibility index (Phi) is 5.48. The highest BCUT2D eigenvalue weighted by atomic mass is 16.2. The van der Waals surface area contributed by atoms with Gasteiger partial charge in [0, 0.05) is 25.2 Å². The SMILES string of the molecule is Cc1cnc(C(=O)N2C[C@@H](NC(=O)CC(C)C)C[C@H]2c2n[nH]c(C)n2)cn1. The first kappa shape index (κ1) is 18.9. The molecule has 0 spiro atoms. The van der Waals surface area contributed by atoms with Crippen molar-refractivity contribution in [1.82, 2.24) is 35.4 Å². The van der Waals surface area contributed by atoms with Crippen LogP contribution in [-0.2, 0) is 4.79 Å². The Morgan fingerprint density at radius 1 is 1.30 bits per heavy atom. The zero-order valence-corrected chi connectivity index (χ0v) is 16.1. The zero-order chi connectivity index (χ0) is 19.6. The summed E-state index contributed by atoms with van der Waals surface area (Å²) in [6, 6.07) is -0.475. The van der Waals surface area contributed by atoms with E-state index >= 15 is 0 Å². The van der Waals surface area contributed by atoms with Gasteiger partial charge in [0.2, 0.25) is 5.91 Å². The van der Waals surface area contributed by atoms with Crippen molar-refractivity contribution in [3.8, 4) is 0 Å². The lowest BCUT2D eigenvalue weighted by atomic mass is 10.1. The van der Waals surface area contributed by atoms with Crippen molar-refractivity contribution in [2.75, 3.05) is 6.54 Å². The first-order valence-electron chi connectivity index (χ1n) is 9.11. The Labute approximate surface area is 158 Å². The fraction of sp³-hybridized carbons (Fsp3) is 0.556. The summed E-state index contributed by atoms with van der Waals surface area (Å²) in [4.78, 5) is 39.6. The lowest BCUT2D eigenvalue weighted by Gasteiger charge is -2.21. The molecule has 2 N–H and O–H groups in total. The second-order valence-corrected chi connectivity index (χ2v) is 7.39. The molecule has 0 saturated carbocycles. The molecule has 1 aliphatic rings. The molecule has 0 unspecified atom stereocenters. The molecule has 0 bridgehead atoms. The minimum absolute atomic E-state index is 0.00987. The van der Waals surface area contributed by atoms with Crippen LogP contribution in [0.15, 0.2) is 12.4 Å². The monoisotopic (exact) mass is 371 g/mol. The Bertz CT molecular complexity index is 815. The first-order valence-corrected chi connectivity index (χ1v) is 9.11. The second kappa shape index (κ2) is 7.81. The fourth-order valence-electron chi connectivity index (χ4n) is 3.23. The number of hydrogen-bond donors (Lipinski definition) is 2. The molecule has 1 fully saturated rings. The summed E-state index contributed by atoms with van der Waals surface area (Å²) in [6.45, 7) is 8.01. The van der Waals surface area contributed by atoms with Crippen molar-refractivity contribution >= 4 is 11.8 Å². The number of rotatable bonds is 5. The molecule has 9 nitrogen and oxygen atoms in total. The van der Waals surface area contributed by atoms with Crippen LogP contribution in [0.25, 0.3) is 0 Å². The third-order valence-electron chi connectivity index (χ3n) is 4.43. The van der Waals surface area contributed by atoms with Crippen molar-refractivity contribution in [2.45, 2.75) is 52.6 Å². The van der Waals surface area contributed by atoms with E-state index in [2.05, 4.69) is 30.5 Å². The lowest BCUT2D eigenvalue weighted by Crippen LogP contribution is -2.39. The molecule has 0 aromatic carbocycles.